The van der Waals surface area contributed by atoms with E-state index in [1.165, 1.54) is 0 Å². The lowest BCUT2D eigenvalue weighted by Crippen LogP contribution is -2.46. The Bertz CT molecular complexity index is 183. The zero-order valence-electron chi connectivity index (χ0n) is 9.52. The first-order chi connectivity index (χ1) is 5.79. The van der Waals surface area contributed by atoms with E-state index < -0.39 is 5.67 Å². The predicted molar refractivity (Wildman–Crippen MR) is 54.6 cm³/mol. The fourth-order valence-electron chi connectivity index (χ4n) is 2.67. The van der Waals surface area contributed by atoms with E-state index in [0.717, 1.165) is 19.5 Å². The van der Waals surface area contributed by atoms with Crippen LogP contribution >= 0.6 is 0 Å². The molecule has 1 aliphatic rings. The minimum atomic E-state index is -1.06. The van der Waals surface area contributed by atoms with Crippen molar-refractivity contribution < 1.29 is 4.39 Å². The molecule has 13 heavy (non-hydrogen) atoms. The van der Waals surface area contributed by atoms with Gasteiger partial charge in [-0.15, -0.1) is 0 Å². The molecule has 0 aromatic heterocycles. The van der Waals surface area contributed by atoms with E-state index in [1.807, 2.05) is 0 Å². The second-order valence-corrected chi connectivity index (χ2v) is 5.27. The van der Waals surface area contributed by atoms with Crippen molar-refractivity contribution in [2.45, 2.75) is 39.8 Å². The summed E-state index contributed by atoms with van der Waals surface area (Å²) in [7, 11) is 2.08. The van der Waals surface area contributed by atoms with Gasteiger partial charge in [0.2, 0.25) is 0 Å². The summed E-state index contributed by atoms with van der Waals surface area (Å²) in [6.45, 7) is 9.67. The molecule has 1 nitrogen and oxygen atoms in total. The molecule has 0 aromatic carbocycles. The smallest absolute Gasteiger partial charge is 0.112 e. The molecular weight excluding hydrogens is 165 g/mol. The molecule has 1 rings (SSSR count). The van der Waals surface area contributed by atoms with Gasteiger partial charge in [0.25, 0.3) is 0 Å². The van der Waals surface area contributed by atoms with Crippen molar-refractivity contribution in [2.24, 2.45) is 11.3 Å². The van der Waals surface area contributed by atoms with Crippen LogP contribution in [-0.2, 0) is 0 Å². The zero-order chi connectivity index (χ0) is 10.3. The van der Waals surface area contributed by atoms with Crippen LogP contribution in [0.2, 0.25) is 0 Å². The highest BCUT2D eigenvalue weighted by atomic mass is 19.1. The SMILES string of the molecule is CC(C)C1(C(C)(C)F)CCN(C)C1. The van der Waals surface area contributed by atoms with Crippen LogP contribution in [0, 0.1) is 11.3 Å². The molecule has 1 saturated heterocycles. The minimum absolute atomic E-state index is 0.137. The van der Waals surface area contributed by atoms with Crippen molar-refractivity contribution in [3.8, 4) is 0 Å². The number of nitrogens with zero attached hydrogens (tertiary/aromatic N) is 1. The number of rotatable bonds is 2. The fraction of sp³-hybridized carbons (Fsp3) is 1.00. The molecule has 0 amide bonds. The molecule has 0 aromatic rings. The lowest BCUT2D eigenvalue weighted by atomic mass is 9.66. The Morgan fingerprint density at radius 3 is 2.08 bits per heavy atom. The standard InChI is InChI=1S/C11H22FN/c1-9(2)11(10(3,4)12)6-7-13(5)8-11/h9H,6-8H2,1-5H3. The largest absolute Gasteiger partial charge is 0.306 e. The van der Waals surface area contributed by atoms with E-state index in [1.54, 1.807) is 13.8 Å². The van der Waals surface area contributed by atoms with Gasteiger partial charge in [-0.1, -0.05) is 13.8 Å². The topological polar surface area (TPSA) is 3.24 Å². The molecule has 78 valence electrons. The maximum Gasteiger partial charge on any atom is 0.112 e. The average molecular weight is 187 g/mol. The minimum Gasteiger partial charge on any atom is -0.306 e. The van der Waals surface area contributed by atoms with E-state index >= 15 is 0 Å². The Hall–Kier alpha value is -0.110. The molecule has 1 atom stereocenters. The molecule has 1 heterocycles. The van der Waals surface area contributed by atoms with Gasteiger partial charge in [-0.2, -0.15) is 0 Å². The summed E-state index contributed by atoms with van der Waals surface area (Å²) in [4.78, 5) is 2.24. The number of alkyl halides is 1. The third-order valence-corrected chi connectivity index (χ3v) is 3.78. The third-order valence-electron chi connectivity index (χ3n) is 3.78. The molecule has 1 aliphatic heterocycles. The molecule has 0 bridgehead atoms. The van der Waals surface area contributed by atoms with Gasteiger partial charge in [0.15, 0.2) is 0 Å². The predicted octanol–water partition coefficient (Wildman–Crippen LogP) is 2.71. The van der Waals surface area contributed by atoms with Gasteiger partial charge in [0.05, 0.1) is 0 Å². The van der Waals surface area contributed by atoms with Crippen molar-refractivity contribution in [1.29, 1.82) is 0 Å². The molecule has 1 unspecified atom stereocenters. The summed E-state index contributed by atoms with van der Waals surface area (Å²) in [5.74, 6) is 0.414. The lowest BCUT2D eigenvalue weighted by Gasteiger charge is -2.42. The Kier molecular flexibility index (Phi) is 2.73. The molecule has 0 aliphatic carbocycles. The quantitative estimate of drug-likeness (QED) is 0.642. The third kappa shape index (κ3) is 1.74. The van der Waals surface area contributed by atoms with Crippen LogP contribution in [0.25, 0.3) is 0 Å². The van der Waals surface area contributed by atoms with Gasteiger partial charge in [-0.25, -0.2) is 4.39 Å². The summed E-state index contributed by atoms with van der Waals surface area (Å²) in [6.07, 6.45) is 0.991. The van der Waals surface area contributed by atoms with Gasteiger partial charge in [-0.05, 0) is 39.8 Å². The summed E-state index contributed by atoms with van der Waals surface area (Å²) < 4.78 is 14.1. The van der Waals surface area contributed by atoms with E-state index in [-0.39, 0.29) is 5.41 Å². The first-order valence-corrected chi connectivity index (χ1v) is 5.17. The molecule has 0 saturated carbocycles. The zero-order valence-corrected chi connectivity index (χ0v) is 9.52. The van der Waals surface area contributed by atoms with Crippen LogP contribution in [0.4, 0.5) is 4.39 Å². The number of halogens is 1. The Labute approximate surface area is 81.3 Å². The first-order valence-electron chi connectivity index (χ1n) is 5.17. The molecule has 0 radical (unpaired) electrons. The van der Waals surface area contributed by atoms with Gasteiger partial charge in [0, 0.05) is 12.0 Å². The van der Waals surface area contributed by atoms with Crippen LogP contribution in [-0.4, -0.2) is 30.7 Å². The van der Waals surface area contributed by atoms with Crippen molar-refractivity contribution in [3.63, 3.8) is 0 Å². The van der Waals surface area contributed by atoms with Crippen molar-refractivity contribution in [2.75, 3.05) is 20.1 Å². The van der Waals surface area contributed by atoms with Crippen LogP contribution in [0.5, 0.6) is 0 Å². The molecule has 1 fully saturated rings. The number of likely N-dealkylation sites (tertiary alicyclic amines) is 1. The Morgan fingerprint density at radius 2 is 1.92 bits per heavy atom. The van der Waals surface area contributed by atoms with Crippen LogP contribution in [0.3, 0.4) is 0 Å². The number of hydrogen-bond donors (Lipinski definition) is 0. The highest BCUT2D eigenvalue weighted by molar-refractivity contribution is 5.01. The Morgan fingerprint density at radius 1 is 1.38 bits per heavy atom. The summed E-state index contributed by atoms with van der Waals surface area (Å²) in [5, 5.41) is 0. The second-order valence-electron chi connectivity index (χ2n) is 5.27. The van der Waals surface area contributed by atoms with Gasteiger partial charge < -0.3 is 4.90 Å². The average Bonchev–Trinajstić information content (AvgIpc) is 2.30. The van der Waals surface area contributed by atoms with E-state index in [9.17, 15) is 4.39 Å². The highest BCUT2D eigenvalue weighted by Crippen LogP contribution is 2.47. The van der Waals surface area contributed by atoms with E-state index in [0.29, 0.717) is 5.92 Å². The van der Waals surface area contributed by atoms with Gasteiger partial charge in [-0.3, -0.25) is 0 Å². The number of hydrogen-bond acceptors (Lipinski definition) is 1. The monoisotopic (exact) mass is 187 g/mol. The fourth-order valence-corrected chi connectivity index (χ4v) is 2.67. The van der Waals surface area contributed by atoms with Gasteiger partial charge >= 0.3 is 0 Å². The summed E-state index contributed by atoms with van der Waals surface area (Å²) in [6, 6.07) is 0. The maximum atomic E-state index is 14.1. The molecule has 0 spiro atoms. The van der Waals surface area contributed by atoms with E-state index in [2.05, 4.69) is 25.8 Å². The summed E-state index contributed by atoms with van der Waals surface area (Å²) in [5.41, 5.74) is -1.20. The van der Waals surface area contributed by atoms with Gasteiger partial charge in [0.1, 0.15) is 5.67 Å². The summed E-state index contributed by atoms with van der Waals surface area (Å²) >= 11 is 0. The van der Waals surface area contributed by atoms with Crippen LogP contribution in [0.15, 0.2) is 0 Å². The normalized spacial score (nSPS) is 31.6. The maximum absolute atomic E-state index is 14.1. The first kappa shape index (κ1) is 11.0. The molecule has 2 heteroatoms. The second kappa shape index (κ2) is 3.23. The molecular formula is C11H22FN. The van der Waals surface area contributed by atoms with Crippen LogP contribution < -0.4 is 0 Å². The molecule has 0 N–H and O–H groups in total. The lowest BCUT2D eigenvalue weighted by molar-refractivity contribution is -0.00751. The van der Waals surface area contributed by atoms with Crippen molar-refractivity contribution >= 4 is 0 Å². The van der Waals surface area contributed by atoms with Crippen LogP contribution in [0.1, 0.15) is 34.1 Å². The van der Waals surface area contributed by atoms with E-state index in [4.69, 9.17) is 0 Å². The van der Waals surface area contributed by atoms with Crippen molar-refractivity contribution in [3.05, 3.63) is 0 Å². The Balaban J connectivity index is 2.90. The van der Waals surface area contributed by atoms with Crippen molar-refractivity contribution in [1.82, 2.24) is 4.90 Å². The highest BCUT2D eigenvalue weighted by Gasteiger charge is 2.51.